The second-order valence-corrected chi connectivity index (χ2v) is 3.37. The van der Waals surface area contributed by atoms with Crippen molar-refractivity contribution >= 4 is 23.6 Å². The molecule has 0 aromatic heterocycles. The molecule has 1 aromatic carbocycles. The van der Waals surface area contributed by atoms with Crippen LogP contribution in [0.3, 0.4) is 0 Å². The van der Waals surface area contributed by atoms with E-state index in [1.807, 2.05) is 0 Å². The topological polar surface area (TPSA) is 86.6 Å². The van der Waals surface area contributed by atoms with Gasteiger partial charge in [-0.25, -0.2) is 4.79 Å². The highest BCUT2D eigenvalue weighted by Crippen LogP contribution is 2.19. The summed E-state index contributed by atoms with van der Waals surface area (Å²) in [5, 5.41) is 20.1. The van der Waals surface area contributed by atoms with Crippen LogP contribution in [-0.2, 0) is 4.79 Å². The minimum absolute atomic E-state index is 0.122. The first kappa shape index (κ1) is 12.9. The van der Waals surface area contributed by atoms with Crippen molar-refractivity contribution < 1.29 is 19.8 Å². The molecule has 0 aliphatic carbocycles. The number of hydrogen-bond donors (Lipinski definition) is 3. The number of carboxylic acids is 1. The summed E-state index contributed by atoms with van der Waals surface area (Å²) in [5.41, 5.74) is 1.16. The summed E-state index contributed by atoms with van der Waals surface area (Å²) in [6.45, 7) is 1.21. The number of amides is 1. The first-order valence-corrected chi connectivity index (χ1v) is 4.97. The third-order valence-electron chi connectivity index (χ3n) is 2.01. The molecule has 17 heavy (non-hydrogen) atoms. The van der Waals surface area contributed by atoms with Crippen molar-refractivity contribution in [3.8, 4) is 0 Å². The minimum Gasteiger partial charge on any atom is -0.478 e. The maximum atomic E-state index is 11.0. The van der Waals surface area contributed by atoms with Crippen molar-refractivity contribution in [3.63, 3.8) is 0 Å². The number of carbonyl (C=O) groups excluding carboxylic acids is 1. The molecule has 5 heteroatoms. The summed E-state index contributed by atoms with van der Waals surface area (Å²) in [5.74, 6) is -1.29. The second-order valence-electron chi connectivity index (χ2n) is 3.37. The molecule has 0 aliphatic heterocycles. The van der Waals surface area contributed by atoms with E-state index in [2.05, 4.69) is 5.32 Å². The number of carboxylic acid groups (broad SMARTS) is 1. The molecule has 0 saturated carbocycles. The fraction of sp³-hybridized carbons (Fsp3) is 0.167. The van der Waals surface area contributed by atoms with Gasteiger partial charge in [-0.2, -0.15) is 0 Å². The zero-order valence-electron chi connectivity index (χ0n) is 9.30. The average Bonchev–Trinajstić information content (AvgIpc) is 2.26. The molecule has 0 fully saturated rings. The van der Waals surface area contributed by atoms with Gasteiger partial charge in [0.1, 0.15) is 0 Å². The molecule has 0 unspecified atom stereocenters. The molecule has 1 rings (SSSR count). The number of benzene rings is 1. The predicted molar refractivity (Wildman–Crippen MR) is 63.8 cm³/mol. The number of aliphatic hydroxyl groups is 1. The molecule has 1 amide bonds. The van der Waals surface area contributed by atoms with Crippen LogP contribution in [0, 0.1) is 0 Å². The van der Waals surface area contributed by atoms with Crippen LogP contribution in [0.1, 0.15) is 22.8 Å². The summed E-state index contributed by atoms with van der Waals surface area (Å²) in [6.07, 6.45) is 3.02. The van der Waals surface area contributed by atoms with Crippen LogP contribution in [0.5, 0.6) is 0 Å². The van der Waals surface area contributed by atoms with Crippen molar-refractivity contribution in [2.75, 3.05) is 11.9 Å². The van der Waals surface area contributed by atoms with Crippen molar-refractivity contribution in [3.05, 3.63) is 35.4 Å². The standard InChI is InChI=1S/C12H13NO4/c1-8(15)13-11-5-4-10(12(16)17)7-9(11)3-2-6-14/h2-5,7,14H,6H2,1H3,(H,13,15)(H,16,17). The largest absolute Gasteiger partial charge is 0.478 e. The quantitative estimate of drug-likeness (QED) is 0.735. The van der Waals surface area contributed by atoms with E-state index in [0.717, 1.165) is 0 Å². The van der Waals surface area contributed by atoms with Crippen LogP contribution in [0.15, 0.2) is 24.3 Å². The van der Waals surface area contributed by atoms with Gasteiger partial charge in [-0.1, -0.05) is 12.2 Å². The fourth-order valence-electron chi connectivity index (χ4n) is 1.32. The molecule has 1 aromatic rings. The van der Waals surface area contributed by atoms with Crippen LogP contribution in [-0.4, -0.2) is 28.7 Å². The molecule has 0 spiro atoms. The van der Waals surface area contributed by atoms with Crippen LogP contribution in [0.2, 0.25) is 0 Å². The Hall–Kier alpha value is -2.14. The predicted octanol–water partition coefficient (Wildman–Crippen LogP) is 1.35. The van der Waals surface area contributed by atoms with Crippen LogP contribution < -0.4 is 5.32 Å². The molecule has 0 bridgehead atoms. The molecule has 5 nitrogen and oxygen atoms in total. The zero-order chi connectivity index (χ0) is 12.8. The normalized spacial score (nSPS) is 10.5. The molecule has 3 N–H and O–H groups in total. The summed E-state index contributed by atoms with van der Waals surface area (Å²) in [7, 11) is 0. The van der Waals surface area contributed by atoms with E-state index >= 15 is 0 Å². The average molecular weight is 235 g/mol. The molecule has 0 saturated heterocycles. The van der Waals surface area contributed by atoms with Crippen molar-refractivity contribution in [2.45, 2.75) is 6.92 Å². The fourth-order valence-corrected chi connectivity index (χ4v) is 1.32. The Bertz CT molecular complexity index is 466. The van der Waals surface area contributed by atoms with Gasteiger partial charge >= 0.3 is 5.97 Å². The van der Waals surface area contributed by atoms with E-state index in [1.165, 1.54) is 31.2 Å². The lowest BCUT2D eigenvalue weighted by atomic mass is 10.1. The first-order valence-electron chi connectivity index (χ1n) is 4.97. The van der Waals surface area contributed by atoms with E-state index < -0.39 is 5.97 Å². The maximum absolute atomic E-state index is 11.0. The van der Waals surface area contributed by atoms with E-state index in [1.54, 1.807) is 6.08 Å². The summed E-state index contributed by atoms with van der Waals surface area (Å²) >= 11 is 0. The van der Waals surface area contributed by atoms with Crippen molar-refractivity contribution in [1.82, 2.24) is 0 Å². The zero-order valence-corrected chi connectivity index (χ0v) is 9.30. The number of aliphatic hydroxyl groups excluding tert-OH is 1. The third kappa shape index (κ3) is 3.73. The van der Waals surface area contributed by atoms with Gasteiger partial charge < -0.3 is 15.5 Å². The summed E-state index contributed by atoms with van der Waals surface area (Å²) in [6, 6.07) is 4.35. The van der Waals surface area contributed by atoms with Gasteiger partial charge in [0, 0.05) is 12.6 Å². The molecule has 0 radical (unpaired) electrons. The Labute approximate surface area is 98.4 Å². The molecule has 0 aliphatic rings. The molecular weight excluding hydrogens is 222 g/mol. The van der Waals surface area contributed by atoms with Gasteiger partial charge in [0.15, 0.2) is 0 Å². The lowest BCUT2D eigenvalue weighted by Gasteiger charge is -2.07. The van der Waals surface area contributed by atoms with Gasteiger partial charge in [0.25, 0.3) is 0 Å². The number of aromatic carboxylic acids is 1. The van der Waals surface area contributed by atoms with Gasteiger partial charge in [-0.15, -0.1) is 0 Å². The number of carbonyl (C=O) groups is 2. The molecule has 0 atom stereocenters. The Kier molecular flexibility index (Phi) is 4.42. The number of rotatable bonds is 4. The van der Waals surface area contributed by atoms with E-state index in [9.17, 15) is 9.59 Å². The van der Waals surface area contributed by atoms with E-state index in [4.69, 9.17) is 10.2 Å². The smallest absolute Gasteiger partial charge is 0.335 e. The maximum Gasteiger partial charge on any atom is 0.335 e. The van der Waals surface area contributed by atoms with Gasteiger partial charge in [-0.3, -0.25) is 4.79 Å². The van der Waals surface area contributed by atoms with Gasteiger partial charge in [-0.05, 0) is 23.8 Å². The Morgan fingerprint density at radius 3 is 2.65 bits per heavy atom. The number of anilines is 1. The molecule has 90 valence electrons. The summed E-state index contributed by atoms with van der Waals surface area (Å²) < 4.78 is 0. The SMILES string of the molecule is CC(=O)Nc1ccc(C(=O)O)cc1C=CCO. The lowest BCUT2D eigenvalue weighted by Crippen LogP contribution is -2.08. The van der Waals surface area contributed by atoms with Gasteiger partial charge in [0.2, 0.25) is 5.91 Å². The van der Waals surface area contributed by atoms with Crippen molar-refractivity contribution in [1.29, 1.82) is 0 Å². The second kappa shape index (κ2) is 5.81. The highest BCUT2D eigenvalue weighted by atomic mass is 16.4. The third-order valence-corrected chi connectivity index (χ3v) is 2.01. The highest BCUT2D eigenvalue weighted by Gasteiger charge is 2.07. The Balaban J connectivity index is 3.15. The van der Waals surface area contributed by atoms with E-state index in [-0.39, 0.29) is 18.1 Å². The lowest BCUT2D eigenvalue weighted by molar-refractivity contribution is -0.114. The van der Waals surface area contributed by atoms with Crippen LogP contribution in [0.25, 0.3) is 6.08 Å². The minimum atomic E-state index is -1.04. The number of nitrogens with one attached hydrogen (secondary N) is 1. The Morgan fingerprint density at radius 1 is 1.41 bits per heavy atom. The first-order chi connectivity index (χ1) is 8.04. The van der Waals surface area contributed by atoms with Crippen LogP contribution in [0.4, 0.5) is 5.69 Å². The molecular formula is C12H13NO4. The monoisotopic (exact) mass is 235 g/mol. The van der Waals surface area contributed by atoms with Gasteiger partial charge in [0.05, 0.1) is 12.2 Å². The highest BCUT2D eigenvalue weighted by molar-refractivity contribution is 5.94. The Morgan fingerprint density at radius 2 is 2.12 bits per heavy atom. The number of hydrogen-bond acceptors (Lipinski definition) is 3. The molecule has 0 heterocycles. The van der Waals surface area contributed by atoms with Crippen LogP contribution >= 0.6 is 0 Å². The van der Waals surface area contributed by atoms with Crippen molar-refractivity contribution in [2.24, 2.45) is 0 Å². The summed E-state index contributed by atoms with van der Waals surface area (Å²) in [4.78, 5) is 21.8. The van der Waals surface area contributed by atoms with E-state index in [0.29, 0.717) is 11.3 Å².